The molecule has 1 aromatic carbocycles. The van der Waals surface area contributed by atoms with Crippen LogP contribution in [0.2, 0.25) is 0 Å². The molecule has 0 spiro atoms. The van der Waals surface area contributed by atoms with Gasteiger partial charge in [0.05, 0.1) is 0 Å². The molecule has 24 heavy (non-hydrogen) atoms. The van der Waals surface area contributed by atoms with Gasteiger partial charge >= 0.3 is 0 Å². The standard InChI is InChI=1S/C19H18N2O2S/c22-18(9-8-14-10-12-24-13-14)21-11-4-3-6-16(21)19-20-15-5-1-2-7-17(15)23-19/h1-2,5,7-10,12-13,16H,3-4,6,11H2. The number of amides is 1. The Morgan fingerprint density at radius 2 is 2.21 bits per heavy atom. The fourth-order valence-electron chi connectivity index (χ4n) is 3.12. The molecule has 0 aliphatic carbocycles. The van der Waals surface area contributed by atoms with Gasteiger partial charge in [-0.05, 0) is 59.9 Å². The Labute approximate surface area is 144 Å². The van der Waals surface area contributed by atoms with Crippen LogP contribution < -0.4 is 0 Å². The van der Waals surface area contributed by atoms with E-state index in [1.165, 1.54) is 0 Å². The maximum absolute atomic E-state index is 12.7. The van der Waals surface area contributed by atoms with Crippen molar-refractivity contribution >= 4 is 34.4 Å². The van der Waals surface area contributed by atoms with Crippen molar-refractivity contribution < 1.29 is 9.21 Å². The van der Waals surface area contributed by atoms with Gasteiger partial charge in [0.1, 0.15) is 11.6 Å². The summed E-state index contributed by atoms with van der Waals surface area (Å²) in [5, 5.41) is 4.03. The molecule has 1 amide bonds. The van der Waals surface area contributed by atoms with Crippen LogP contribution in [0.1, 0.15) is 36.8 Å². The van der Waals surface area contributed by atoms with Crippen LogP contribution in [0.4, 0.5) is 0 Å². The molecule has 3 aromatic rings. The summed E-state index contributed by atoms with van der Waals surface area (Å²) < 4.78 is 5.91. The Kier molecular flexibility index (Phi) is 4.17. The van der Waals surface area contributed by atoms with Crippen LogP contribution >= 0.6 is 11.3 Å². The van der Waals surface area contributed by atoms with Gasteiger partial charge in [-0.1, -0.05) is 12.1 Å². The summed E-state index contributed by atoms with van der Waals surface area (Å²) in [6.45, 7) is 0.746. The van der Waals surface area contributed by atoms with E-state index in [-0.39, 0.29) is 11.9 Å². The Morgan fingerprint density at radius 1 is 1.29 bits per heavy atom. The third-order valence-electron chi connectivity index (χ3n) is 4.34. The lowest BCUT2D eigenvalue weighted by Gasteiger charge is -2.33. The van der Waals surface area contributed by atoms with Crippen molar-refractivity contribution in [1.82, 2.24) is 9.88 Å². The number of piperidine rings is 1. The number of rotatable bonds is 3. The van der Waals surface area contributed by atoms with Gasteiger partial charge in [-0.2, -0.15) is 11.3 Å². The molecule has 0 N–H and O–H groups in total. The van der Waals surface area contributed by atoms with Crippen LogP contribution in [0, 0.1) is 0 Å². The molecule has 3 heterocycles. The largest absolute Gasteiger partial charge is 0.438 e. The molecule has 1 atom stereocenters. The summed E-state index contributed by atoms with van der Waals surface area (Å²) in [5.41, 5.74) is 2.68. The van der Waals surface area contributed by atoms with Gasteiger partial charge in [0.15, 0.2) is 5.58 Å². The molecule has 122 valence electrons. The smallest absolute Gasteiger partial charge is 0.247 e. The summed E-state index contributed by atoms with van der Waals surface area (Å²) in [4.78, 5) is 19.1. The lowest BCUT2D eigenvalue weighted by atomic mass is 10.0. The van der Waals surface area contributed by atoms with E-state index in [9.17, 15) is 4.79 Å². The zero-order chi connectivity index (χ0) is 16.4. The monoisotopic (exact) mass is 338 g/mol. The first-order chi connectivity index (χ1) is 11.8. The van der Waals surface area contributed by atoms with Crippen molar-refractivity contribution in [2.75, 3.05) is 6.54 Å². The highest BCUT2D eigenvalue weighted by Crippen LogP contribution is 2.32. The van der Waals surface area contributed by atoms with E-state index in [1.807, 2.05) is 52.1 Å². The van der Waals surface area contributed by atoms with Crippen LogP contribution in [0.25, 0.3) is 17.2 Å². The third kappa shape index (κ3) is 2.99. The highest BCUT2D eigenvalue weighted by atomic mass is 32.1. The summed E-state index contributed by atoms with van der Waals surface area (Å²) in [7, 11) is 0. The quantitative estimate of drug-likeness (QED) is 0.653. The molecule has 5 heteroatoms. The van der Waals surface area contributed by atoms with Gasteiger partial charge in [-0.15, -0.1) is 0 Å². The minimum Gasteiger partial charge on any atom is -0.438 e. The number of carbonyl (C=O) groups is 1. The van der Waals surface area contributed by atoms with Crippen LogP contribution in [0.3, 0.4) is 0 Å². The van der Waals surface area contributed by atoms with Crippen LogP contribution in [-0.4, -0.2) is 22.3 Å². The normalized spacial score (nSPS) is 18.5. The number of aromatic nitrogens is 1. The fourth-order valence-corrected chi connectivity index (χ4v) is 3.75. The van der Waals surface area contributed by atoms with Gasteiger partial charge in [0.25, 0.3) is 0 Å². The third-order valence-corrected chi connectivity index (χ3v) is 5.04. The molecular weight excluding hydrogens is 320 g/mol. The van der Waals surface area contributed by atoms with Crippen molar-refractivity contribution in [1.29, 1.82) is 0 Å². The first-order valence-electron chi connectivity index (χ1n) is 8.17. The van der Waals surface area contributed by atoms with Gasteiger partial charge in [-0.25, -0.2) is 4.98 Å². The minimum absolute atomic E-state index is 0.0214. The average Bonchev–Trinajstić information content (AvgIpc) is 3.29. The molecule has 0 saturated carbocycles. The number of likely N-dealkylation sites (tertiary alicyclic amines) is 1. The number of hydrogen-bond acceptors (Lipinski definition) is 4. The molecule has 1 saturated heterocycles. The van der Waals surface area contributed by atoms with Crippen LogP contribution in [0.15, 0.2) is 51.6 Å². The van der Waals surface area contributed by atoms with Crippen molar-refractivity contribution in [2.45, 2.75) is 25.3 Å². The van der Waals surface area contributed by atoms with Gasteiger partial charge < -0.3 is 9.32 Å². The van der Waals surface area contributed by atoms with Gasteiger partial charge in [0.2, 0.25) is 11.8 Å². The van der Waals surface area contributed by atoms with E-state index in [0.29, 0.717) is 5.89 Å². The van der Waals surface area contributed by atoms with E-state index in [1.54, 1.807) is 17.4 Å². The van der Waals surface area contributed by atoms with Crippen molar-refractivity contribution in [3.63, 3.8) is 0 Å². The second kappa shape index (κ2) is 6.61. The second-order valence-electron chi connectivity index (χ2n) is 5.95. The highest BCUT2D eigenvalue weighted by molar-refractivity contribution is 7.08. The molecular formula is C19H18N2O2S. The summed E-state index contributed by atoms with van der Waals surface area (Å²) in [6.07, 6.45) is 6.53. The van der Waals surface area contributed by atoms with Crippen molar-refractivity contribution in [3.8, 4) is 0 Å². The predicted octanol–water partition coefficient (Wildman–Crippen LogP) is 4.66. The number of benzene rings is 1. The zero-order valence-corrected chi connectivity index (χ0v) is 14.0. The predicted molar refractivity (Wildman–Crippen MR) is 95.7 cm³/mol. The highest BCUT2D eigenvalue weighted by Gasteiger charge is 2.30. The Balaban J connectivity index is 1.59. The summed E-state index contributed by atoms with van der Waals surface area (Å²) >= 11 is 1.63. The number of hydrogen-bond donors (Lipinski definition) is 0. The van der Waals surface area contributed by atoms with E-state index >= 15 is 0 Å². The number of para-hydroxylation sites is 2. The van der Waals surface area contributed by atoms with E-state index in [0.717, 1.165) is 42.5 Å². The minimum atomic E-state index is -0.0780. The molecule has 1 unspecified atom stereocenters. The molecule has 4 rings (SSSR count). The first-order valence-corrected chi connectivity index (χ1v) is 9.12. The number of fused-ring (bicyclic) bond motifs is 1. The van der Waals surface area contributed by atoms with E-state index in [4.69, 9.17) is 4.42 Å². The van der Waals surface area contributed by atoms with Crippen LogP contribution in [-0.2, 0) is 4.79 Å². The maximum atomic E-state index is 12.7. The van der Waals surface area contributed by atoms with E-state index in [2.05, 4.69) is 4.98 Å². The Hall–Kier alpha value is -2.40. The SMILES string of the molecule is O=C(C=Cc1ccsc1)N1CCCCC1c1nc2ccccc2o1. The Bertz CT molecular complexity index is 834. The number of carbonyl (C=O) groups excluding carboxylic acids is 1. The second-order valence-corrected chi connectivity index (χ2v) is 6.73. The number of thiophene rings is 1. The Morgan fingerprint density at radius 3 is 3.04 bits per heavy atom. The zero-order valence-electron chi connectivity index (χ0n) is 13.2. The van der Waals surface area contributed by atoms with Gasteiger partial charge in [-0.3, -0.25) is 4.79 Å². The van der Waals surface area contributed by atoms with Crippen molar-refractivity contribution in [2.24, 2.45) is 0 Å². The topological polar surface area (TPSA) is 46.3 Å². The molecule has 1 aliphatic rings. The molecule has 0 radical (unpaired) electrons. The summed E-state index contributed by atoms with van der Waals surface area (Å²) in [6, 6.07) is 9.66. The fraction of sp³-hybridized carbons (Fsp3) is 0.263. The lowest BCUT2D eigenvalue weighted by Crippen LogP contribution is -2.37. The number of nitrogens with zero attached hydrogens (tertiary/aromatic N) is 2. The average molecular weight is 338 g/mol. The van der Waals surface area contributed by atoms with E-state index < -0.39 is 0 Å². The molecule has 2 aromatic heterocycles. The van der Waals surface area contributed by atoms with Crippen molar-refractivity contribution in [3.05, 3.63) is 58.6 Å². The molecule has 0 bridgehead atoms. The first kappa shape index (κ1) is 15.1. The lowest BCUT2D eigenvalue weighted by molar-refractivity contribution is -0.130. The molecule has 1 aliphatic heterocycles. The van der Waals surface area contributed by atoms with Crippen LogP contribution in [0.5, 0.6) is 0 Å². The maximum Gasteiger partial charge on any atom is 0.247 e. The van der Waals surface area contributed by atoms with Gasteiger partial charge in [0, 0.05) is 12.6 Å². The number of oxazole rings is 1. The molecule has 4 nitrogen and oxygen atoms in total. The molecule has 1 fully saturated rings. The summed E-state index contributed by atoms with van der Waals surface area (Å²) in [5.74, 6) is 0.668.